The molecule has 38 heavy (non-hydrogen) atoms. The summed E-state index contributed by atoms with van der Waals surface area (Å²) in [6.07, 6.45) is 0.565. The quantitative estimate of drug-likeness (QED) is 0.312. The molecule has 4 rings (SSSR count). The molecule has 0 aliphatic heterocycles. The van der Waals surface area contributed by atoms with Gasteiger partial charge in [-0.2, -0.15) is 9.40 Å². The second-order valence-corrected chi connectivity index (χ2v) is 12.0. The van der Waals surface area contributed by atoms with E-state index >= 15 is 0 Å². The predicted molar refractivity (Wildman–Crippen MR) is 150 cm³/mol. The van der Waals surface area contributed by atoms with Gasteiger partial charge in [0.05, 0.1) is 29.9 Å². The van der Waals surface area contributed by atoms with Crippen molar-refractivity contribution in [3.05, 3.63) is 78.5 Å². The highest BCUT2D eigenvalue weighted by molar-refractivity contribution is 7.89. The number of benzene rings is 3. The molecular formula is C29H34N4O4S. The second-order valence-electron chi connectivity index (χ2n) is 10.1. The summed E-state index contributed by atoms with van der Waals surface area (Å²) in [5, 5.41) is 9.09. The number of rotatable bonds is 9. The molecular weight excluding hydrogens is 500 g/mol. The average molecular weight is 535 g/mol. The maximum Gasteiger partial charge on any atom is 0.244 e. The topological polar surface area (TPSA) is 93.5 Å². The van der Waals surface area contributed by atoms with Crippen LogP contribution in [0, 0.1) is 0 Å². The van der Waals surface area contributed by atoms with Crippen molar-refractivity contribution < 1.29 is 17.9 Å². The molecule has 1 N–H and O–H groups in total. The molecule has 0 spiro atoms. The van der Waals surface area contributed by atoms with E-state index in [0.29, 0.717) is 23.4 Å². The van der Waals surface area contributed by atoms with Crippen molar-refractivity contribution >= 4 is 32.5 Å². The first kappa shape index (κ1) is 27.3. The fourth-order valence-electron chi connectivity index (χ4n) is 4.19. The maximum atomic E-state index is 13.7. The zero-order chi connectivity index (χ0) is 27.5. The van der Waals surface area contributed by atoms with Gasteiger partial charge in [-0.1, -0.05) is 64.1 Å². The Labute approximate surface area is 224 Å². The van der Waals surface area contributed by atoms with Crippen molar-refractivity contribution in [1.82, 2.24) is 14.1 Å². The number of nitrogens with zero attached hydrogens (tertiary/aromatic N) is 3. The number of nitrogens with one attached hydrogen (secondary N) is 1. The van der Waals surface area contributed by atoms with Gasteiger partial charge in [0, 0.05) is 23.4 Å². The van der Waals surface area contributed by atoms with Crippen molar-refractivity contribution in [1.29, 1.82) is 0 Å². The van der Waals surface area contributed by atoms with E-state index in [4.69, 9.17) is 9.84 Å². The molecule has 0 aliphatic rings. The number of sulfonamides is 1. The lowest BCUT2D eigenvalue weighted by Crippen LogP contribution is -2.38. The van der Waals surface area contributed by atoms with Gasteiger partial charge in [0.2, 0.25) is 15.9 Å². The van der Waals surface area contributed by atoms with Crippen LogP contribution < -0.4 is 10.1 Å². The van der Waals surface area contributed by atoms with Crippen LogP contribution in [0.1, 0.15) is 39.8 Å². The van der Waals surface area contributed by atoms with Crippen molar-refractivity contribution in [2.45, 2.75) is 44.4 Å². The molecule has 1 heterocycles. The number of ether oxygens (including phenoxy) is 1. The molecule has 0 saturated carbocycles. The molecule has 4 aromatic rings. The summed E-state index contributed by atoms with van der Waals surface area (Å²) in [5.74, 6) is 0.720. The molecule has 8 nitrogen and oxygen atoms in total. The lowest BCUT2D eigenvalue weighted by Gasteiger charge is -2.22. The van der Waals surface area contributed by atoms with Crippen molar-refractivity contribution in [3.63, 3.8) is 0 Å². The van der Waals surface area contributed by atoms with Crippen LogP contribution in [0.2, 0.25) is 0 Å². The van der Waals surface area contributed by atoms with Crippen molar-refractivity contribution in [2.75, 3.05) is 25.5 Å². The minimum absolute atomic E-state index is 0.190. The third kappa shape index (κ3) is 5.74. The Morgan fingerprint density at radius 2 is 1.71 bits per heavy atom. The van der Waals surface area contributed by atoms with Crippen LogP contribution in [0.15, 0.2) is 77.7 Å². The lowest BCUT2D eigenvalue weighted by atomic mass is 9.92. The molecule has 0 saturated heterocycles. The monoisotopic (exact) mass is 534 g/mol. The van der Waals surface area contributed by atoms with Gasteiger partial charge >= 0.3 is 0 Å². The van der Waals surface area contributed by atoms with Crippen LogP contribution >= 0.6 is 0 Å². The zero-order valence-electron chi connectivity index (χ0n) is 22.4. The molecule has 0 atom stereocenters. The first-order valence-corrected chi connectivity index (χ1v) is 14.0. The van der Waals surface area contributed by atoms with Gasteiger partial charge in [0.25, 0.3) is 0 Å². The third-order valence-electron chi connectivity index (χ3n) is 6.22. The van der Waals surface area contributed by atoms with Crippen molar-refractivity contribution in [3.8, 4) is 11.4 Å². The van der Waals surface area contributed by atoms with Gasteiger partial charge in [-0.05, 0) is 42.1 Å². The van der Waals surface area contributed by atoms with Crippen molar-refractivity contribution in [2.24, 2.45) is 0 Å². The Kier molecular flexibility index (Phi) is 7.89. The highest BCUT2D eigenvalue weighted by Gasteiger charge is 2.28. The van der Waals surface area contributed by atoms with E-state index in [1.807, 2.05) is 82.3 Å². The number of carbonyl (C=O) groups is 1. The molecule has 0 radical (unpaired) electrons. The van der Waals surface area contributed by atoms with E-state index in [2.05, 4.69) is 5.32 Å². The third-order valence-corrected chi connectivity index (χ3v) is 8.13. The number of hydrogen-bond donors (Lipinski definition) is 1. The van der Waals surface area contributed by atoms with E-state index in [-0.39, 0.29) is 23.4 Å². The van der Waals surface area contributed by atoms with Gasteiger partial charge in [-0.3, -0.25) is 4.79 Å². The van der Waals surface area contributed by atoms with Gasteiger partial charge in [-0.25, -0.2) is 13.1 Å². The maximum absolute atomic E-state index is 13.7. The summed E-state index contributed by atoms with van der Waals surface area (Å²) in [6.45, 7) is 7.90. The number of anilines is 1. The van der Waals surface area contributed by atoms with Gasteiger partial charge in [0.15, 0.2) is 0 Å². The molecule has 0 unspecified atom stereocenters. The largest absolute Gasteiger partial charge is 0.497 e. The molecule has 200 valence electrons. The highest BCUT2D eigenvalue weighted by atomic mass is 32.2. The fourth-order valence-corrected chi connectivity index (χ4v) is 5.90. The number of hydrogen-bond acceptors (Lipinski definition) is 5. The summed E-state index contributed by atoms with van der Waals surface area (Å²) in [4.78, 5) is 13.5. The normalized spacial score (nSPS) is 12.2. The minimum atomic E-state index is -3.93. The molecule has 0 bridgehead atoms. The molecule has 3 aromatic carbocycles. The molecule has 1 aromatic heterocycles. The van der Waals surface area contributed by atoms with Crippen LogP contribution in [-0.4, -0.2) is 48.6 Å². The fraction of sp³-hybridized carbons (Fsp3) is 0.310. The minimum Gasteiger partial charge on any atom is -0.497 e. The molecule has 0 aliphatic carbocycles. The van der Waals surface area contributed by atoms with E-state index < -0.39 is 15.9 Å². The Bertz CT molecular complexity index is 1530. The molecule has 0 fully saturated rings. The Balaban J connectivity index is 1.65. The Hall–Kier alpha value is -3.69. The zero-order valence-corrected chi connectivity index (χ0v) is 23.2. The van der Waals surface area contributed by atoms with Crippen LogP contribution in [-0.2, 0) is 20.2 Å². The molecule has 9 heteroatoms. The predicted octanol–water partition coefficient (Wildman–Crippen LogP) is 5.37. The van der Waals surface area contributed by atoms with Crippen LogP contribution in [0.25, 0.3) is 16.5 Å². The van der Waals surface area contributed by atoms with E-state index in [1.165, 1.54) is 4.31 Å². The first-order valence-electron chi connectivity index (χ1n) is 12.6. The average Bonchev–Trinajstić information content (AvgIpc) is 3.32. The van der Waals surface area contributed by atoms with Crippen LogP contribution in [0.4, 0.5) is 5.82 Å². The number of amides is 1. The SMILES string of the molecule is CCCN(CC(=O)Nc1cc(C(C)(C)C)nn1-c1ccc(OC)cc1)S(=O)(=O)c1cccc2ccccc12. The first-order chi connectivity index (χ1) is 18.0. The van der Waals surface area contributed by atoms with Gasteiger partial charge in [-0.15, -0.1) is 0 Å². The number of methoxy groups -OCH3 is 1. The summed E-state index contributed by atoms with van der Waals surface area (Å²) < 4.78 is 35.6. The van der Waals surface area contributed by atoms with Crippen LogP contribution in [0.3, 0.4) is 0 Å². The van der Waals surface area contributed by atoms with E-state index in [0.717, 1.165) is 16.8 Å². The summed E-state index contributed by atoms with van der Waals surface area (Å²) in [6, 6.07) is 21.7. The lowest BCUT2D eigenvalue weighted by molar-refractivity contribution is -0.116. The smallest absolute Gasteiger partial charge is 0.244 e. The van der Waals surface area contributed by atoms with E-state index in [9.17, 15) is 13.2 Å². The van der Waals surface area contributed by atoms with E-state index in [1.54, 1.807) is 30.0 Å². The summed E-state index contributed by atoms with van der Waals surface area (Å²) >= 11 is 0. The number of carbonyl (C=O) groups excluding carboxylic acids is 1. The summed E-state index contributed by atoms with van der Waals surface area (Å²) in [7, 11) is -2.33. The standard InChI is InChI=1S/C29H34N4O4S/c1-6-18-32(38(35,36)25-13-9-11-21-10-7-8-12-24(21)25)20-28(34)30-27-19-26(29(2,3)4)31-33(27)22-14-16-23(37-5)17-15-22/h7-17,19H,6,18,20H2,1-5H3,(H,30,34). The Morgan fingerprint density at radius 1 is 1.03 bits per heavy atom. The van der Waals surface area contributed by atoms with Crippen LogP contribution in [0.5, 0.6) is 5.75 Å². The molecule has 1 amide bonds. The Morgan fingerprint density at radius 3 is 2.37 bits per heavy atom. The second kappa shape index (κ2) is 11.0. The van der Waals surface area contributed by atoms with Gasteiger partial charge < -0.3 is 10.1 Å². The highest BCUT2D eigenvalue weighted by Crippen LogP contribution is 2.28. The van der Waals surface area contributed by atoms with Gasteiger partial charge in [0.1, 0.15) is 11.6 Å². The summed E-state index contributed by atoms with van der Waals surface area (Å²) in [5.41, 5.74) is 1.27. The number of aromatic nitrogens is 2. The number of fused-ring (bicyclic) bond motifs is 1.